The van der Waals surface area contributed by atoms with E-state index in [9.17, 15) is 35.1 Å². The van der Waals surface area contributed by atoms with Gasteiger partial charge in [-0.05, 0) is 41.5 Å². The molecular weight excluding hydrogens is 604 g/mol. The number of fused-ring (bicyclic) bond motifs is 1. The van der Waals surface area contributed by atoms with Gasteiger partial charge >= 0.3 is 0 Å². The van der Waals surface area contributed by atoms with Crippen LogP contribution in [0.4, 0.5) is 17.1 Å². The molecule has 14 nitrogen and oxygen atoms in total. The number of carbonyl (C=O) groups is 1. The number of nitro benzene ring substituents is 2. The molecule has 0 bridgehead atoms. The number of hydrogen-bond donors (Lipinski definition) is 2. The molecular formula is C30H22N6O8S. The molecule has 15 heteroatoms. The van der Waals surface area contributed by atoms with E-state index in [0.717, 1.165) is 15.9 Å². The lowest BCUT2D eigenvalue weighted by Gasteiger charge is -2.25. The zero-order chi connectivity index (χ0) is 32.4. The molecule has 1 aliphatic heterocycles. The van der Waals surface area contributed by atoms with Crippen molar-refractivity contribution >= 4 is 51.8 Å². The van der Waals surface area contributed by atoms with Crippen molar-refractivity contribution < 1.29 is 24.1 Å². The molecule has 1 aliphatic rings. The molecule has 45 heavy (non-hydrogen) atoms. The average Bonchev–Trinajstić information content (AvgIpc) is 3.36. The van der Waals surface area contributed by atoms with E-state index >= 15 is 0 Å². The van der Waals surface area contributed by atoms with Gasteiger partial charge in [-0.15, -0.1) is 11.3 Å². The lowest BCUT2D eigenvalue weighted by Crippen LogP contribution is -2.40. The summed E-state index contributed by atoms with van der Waals surface area (Å²) in [5.74, 6) is -1.26. The molecule has 1 amide bonds. The molecule has 1 atom stereocenters. The fourth-order valence-electron chi connectivity index (χ4n) is 4.82. The molecule has 0 fully saturated rings. The van der Waals surface area contributed by atoms with Crippen molar-refractivity contribution in [2.75, 3.05) is 19.5 Å². The van der Waals surface area contributed by atoms with Gasteiger partial charge in [-0.2, -0.15) is 5.26 Å². The van der Waals surface area contributed by atoms with Crippen LogP contribution in [-0.4, -0.2) is 34.5 Å². The highest BCUT2D eigenvalue weighted by atomic mass is 32.1. The number of ether oxygens (including phenoxy) is 2. The first-order chi connectivity index (χ1) is 21.6. The Bertz CT molecular complexity index is 2130. The number of nitrogens with two attached hydrogens (primary N) is 1. The number of hydrogen-bond acceptors (Lipinski definition) is 11. The molecule has 0 saturated heterocycles. The quantitative estimate of drug-likeness (QED) is 0.216. The smallest absolute Gasteiger partial charge is 0.274 e. The molecule has 3 aromatic carbocycles. The normalized spacial score (nSPS) is 14.4. The van der Waals surface area contributed by atoms with Gasteiger partial charge in [-0.25, -0.2) is 0 Å². The highest BCUT2D eigenvalue weighted by molar-refractivity contribution is 7.07. The number of non-ortho nitro benzene ring substituents is 2. The fraction of sp³-hybridized carbons (Fsp3) is 0.100. The molecule has 1 aromatic heterocycles. The number of nitro groups is 2. The zero-order valence-electron chi connectivity index (χ0n) is 23.5. The predicted molar refractivity (Wildman–Crippen MR) is 165 cm³/mol. The maximum atomic E-state index is 14.2. The second kappa shape index (κ2) is 12.1. The monoisotopic (exact) mass is 626 g/mol. The highest BCUT2D eigenvalue weighted by Crippen LogP contribution is 2.38. The Morgan fingerprint density at radius 3 is 2.20 bits per heavy atom. The molecule has 226 valence electrons. The summed E-state index contributed by atoms with van der Waals surface area (Å²) in [7, 11) is 2.88. The number of thiazole rings is 1. The van der Waals surface area contributed by atoms with E-state index in [-0.39, 0.29) is 49.0 Å². The topological polar surface area (TPSA) is 206 Å². The van der Waals surface area contributed by atoms with E-state index in [1.54, 1.807) is 18.2 Å². The summed E-state index contributed by atoms with van der Waals surface area (Å²) in [6.45, 7) is 0. The van der Waals surface area contributed by atoms with Crippen molar-refractivity contribution in [3.63, 3.8) is 0 Å². The number of rotatable bonds is 8. The summed E-state index contributed by atoms with van der Waals surface area (Å²) in [5.41, 5.74) is 6.41. The lowest BCUT2D eigenvalue weighted by atomic mass is 9.83. The summed E-state index contributed by atoms with van der Waals surface area (Å²) in [6.07, 6.45) is 1.49. The lowest BCUT2D eigenvalue weighted by molar-refractivity contribution is -0.385. The van der Waals surface area contributed by atoms with Crippen LogP contribution in [0.15, 0.2) is 77.1 Å². The zero-order valence-corrected chi connectivity index (χ0v) is 24.4. The van der Waals surface area contributed by atoms with Gasteiger partial charge in [0, 0.05) is 30.3 Å². The Kier molecular flexibility index (Phi) is 8.15. The second-order valence-electron chi connectivity index (χ2n) is 9.53. The van der Waals surface area contributed by atoms with E-state index in [1.165, 1.54) is 68.8 Å². The number of anilines is 1. The third kappa shape index (κ3) is 5.60. The van der Waals surface area contributed by atoms with Crippen molar-refractivity contribution in [2.45, 2.75) is 5.92 Å². The van der Waals surface area contributed by atoms with Gasteiger partial charge in [0.2, 0.25) is 0 Å². The number of nitrogens with zero attached hydrogens (tertiary/aromatic N) is 4. The van der Waals surface area contributed by atoms with Gasteiger partial charge in [0.15, 0.2) is 0 Å². The highest BCUT2D eigenvalue weighted by Gasteiger charge is 2.36. The maximum Gasteiger partial charge on any atom is 0.274 e. The van der Waals surface area contributed by atoms with Crippen LogP contribution < -0.4 is 35.3 Å². The Balaban J connectivity index is 1.77. The van der Waals surface area contributed by atoms with E-state index in [1.807, 2.05) is 6.07 Å². The van der Waals surface area contributed by atoms with Gasteiger partial charge in [-0.3, -0.25) is 34.4 Å². The third-order valence-electron chi connectivity index (χ3n) is 7.01. The minimum atomic E-state index is -1.11. The number of carbonyl (C=O) groups excluding carboxylic acids is 1. The molecule has 2 heterocycles. The molecule has 3 N–H and O–H groups in total. The van der Waals surface area contributed by atoms with Gasteiger partial charge in [0.1, 0.15) is 22.0 Å². The van der Waals surface area contributed by atoms with E-state index < -0.39 is 27.2 Å². The summed E-state index contributed by atoms with van der Waals surface area (Å²) < 4.78 is 12.0. The van der Waals surface area contributed by atoms with E-state index in [0.29, 0.717) is 16.9 Å². The van der Waals surface area contributed by atoms with Crippen LogP contribution >= 0.6 is 11.3 Å². The van der Waals surface area contributed by atoms with E-state index in [2.05, 4.69) is 5.32 Å². The van der Waals surface area contributed by atoms with Gasteiger partial charge < -0.3 is 20.5 Å². The van der Waals surface area contributed by atoms with Crippen LogP contribution in [0, 0.1) is 31.6 Å². The maximum absolute atomic E-state index is 14.2. The first-order valence-corrected chi connectivity index (χ1v) is 13.8. The minimum absolute atomic E-state index is 0.0158. The number of nitrogens with one attached hydrogen (secondary N) is 1. The molecule has 0 radical (unpaired) electrons. The fourth-order valence-corrected chi connectivity index (χ4v) is 6.00. The average molecular weight is 627 g/mol. The Morgan fingerprint density at radius 1 is 1.02 bits per heavy atom. The largest absolute Gasteiger partial charge is 0.497 e. The first-order valence-electron chi connectivity index (χ1n) is 13.0. The number of benzene rings is 3. The Labute approximate surface area is 257 Å². The molecule has 5 rings (SSSR count). The second-order valence-corrected chi connectivity index (χ2v) is 10.6. The van der Waals surface area contributed by atoms with Crippen LogP contribution in [0.25, 0.3) is 17.5 Å². The first kappa shape index (κ1) is 30.2. The number of nitriles is 1. The summed E-state index contributed by atoms with van der Waals surface area (Å²) in [5, 5.41) is 35.4. The van der Waals surface area contributed by atoms with Crippen molar-refractivity contribution in [1.29, 1.82) is 5.26 Å². The Morgan fingerprint density at radius 2 is 1.64 bits per heavy atom. The van der Waals surface area contributed by atoms with Crippen LogP contribution in [0.1, 0.15) is 17.0 Å². The number of methoxy groups -OCH3 is 2. The van der Waals surface area contributed by atoms with Crippen molar-refractivity contribution in [1.82, 2.24) is 4.57 Å². The SMILES string of the molecule is COc1ccc(NC(=O)C2=c3s/c(=C\c4ccc([N+](=O)[O-])cc4)c(=O)n3C(N)=C(C#N)C2c2ccc([N+](=O)[O-])cc2)c(OC)c1. The third-order valence-corrected chi connectivity index (χ3v) is 8.12. The summed E-state index contributed by atoms with van der Waals surface area (Å²) >= 11 is 0.933. The van der Waals surface area contributed by atoms with Crippen LogP contribution in [0.5, 0.6) is 11.5 Å². The number of allylic oxidation sites excluding steroid dienone is 1. The molecule has 4 aromatic rings. The van der Waals surface area contributed by atoms with Gasteiger partial charge in [0.05, 0.1) is 57.4 Å². The van der Waals surface area contributed by atoms with Crippen LogP contribution in [0.3, 0.4) is 0 Å². The van der Waals surface area contributed by atoms with Gasteiger partial charge in [0.25, 0.3) is 22.8 Å². The molecule has 0 spiro atoms. The molecule has 1 unspecified atom stereocenters. The minimum Gasteiger partial charge on any atom is -0.497 e. The summed E-state index contributed by atoms with van der Waals surface area (Å²) in [6, 6.07) is 17.6. The molecule has 0 aliphatic carbocycles. The Hall–Kier alpha value is -6.27. The predicted octanol–water partition coefficient (Wildman–Crippen LogP) is 2.81. The van der Waals surface area contributed by atoms with Gasteiger partial charge in [-0.1, -0.05) is 12.1 Å². The van der Waals surface area contributed by atoms with Crippen molar-refractivity contribution in [2.24, 2.45) is 5.73 Å². The van der Waals surface area contributed by atoms with Crippen LogP contribution in [0.2, 0.25) is 0 Å². The summed E-state index contributed by atoms with van der Waals surface area (Å²) in [4.78, 5) is 49.1. The molecule has 0 saturated carbocycles. The number of aromatic nitrogens is 1. The van der Waals surface area contributed by atoms with Crippen LogP contribution in [-0.2, 0) is 4.79 Å². The van der Waals surface area contributed by atoms with E-state index in [4.69, 9.17) is 15.2 Å². The number of amides is 1. The van der Waals surface area contributed by atoms with Crippen molar-refractivity contribution in [3.05, 3.63) is 123 Å². The van der Waals surface area contributed by atoms with Crippen molar-refractivity contribution in [3.8, 4) is 17.6 Å². The standard InChI is InChI=1S/C30H22N6O8S/c1-43-20-11-12-22(23(14-20)44-2)33-28(37)26-25(17-5-9-19(10-6-17)36(41)42)21(15-31)27(32)34-29(38)24(45-30(26)34)13-16-3-7-18(8-4-16)35(39)40/h3-14,25H,32H2,1-2H3,(H,33,37)/b24-13-.